The average molecular weight is 187 g/mol. The summed E-state index contributed by atoms with van der Waals surface area (Å²) in [7, 11) is 0. The molecule has 31 valence electrons. The summed E-state index contributed by atoms with van der Waals surface area (Å²) in [5, 5.41) is 0. The van der Waals surface area contributed by atoms with Gasteiger partial charge in [0.05, 0.1) is 0 Å². The van der Waals surface area contributed by atoms with Gasteiger partial charge in [0.1, 0.15) is 6.17 Å². The van der Waals surface area contributed by atoms with Crippen molar-refractivity contribution in [1.82, 2.24) is 0 Å². The van der Waals surface area contributed by atoms with Crippen LogP contribution in [0.1, 0.15) is 0 Å². The normalized spacial score (nSPS) is 15.0. The Balaban J connectivity index is 2.54. The Hall–Kier alpha value is 0.660. The summed E-state index contributed by atoms with van der Waals surface area (Å²) in [6.45, 7) is 3.08. The maximum Gasteiger partial charge on any atom is 0.109 e. The van der Waals surface area contributed by atoms with Crippen molar-refractivity contribution >= 4 is 22.6 Å². The van der Waals surface area contributed by atoms with Crippen molar-refractivity contribution in [3.8, 4) is 0 Å². The molecule has 0 saturated carbocycles. The fraction of sp³-hybridized carbons (Fsp3) is 0.667. The standard InChI is InChI=1S/C3H5FI/c1-3(4)2-5/h3H,1-2H2. The Morgan fingerprint density at radius 3 is 2.20 bits per heavy atom. The molecule has 0 spiro atoms. The second kappa shape index (κ2) is 2.87. The maximum atomic E-state index is 11.3. The number of hydrogen-bond acceptors (Lipinski definition) is 0. The molecule has 0 N–H and O–H groups in total. The Bertz CT molecular complexity index is 20.9. The van der Waals surface area contributed by atoms with Gasteiger partial charge in [-0.15, -0.1) is 0 Å². The molecule has 0 aliphatic carbocycles. The average Bonchev–Trinajstić information content (AvgIpc) is 1.38. The van der Waals surface area contributed by atoms with Crippen molar-refractivity contribution in [3.05, 3.63) is 6.92 Å². The van der Waals surface area contributed by atoms with E-state index in [1.165, 1.54) is 0 Å². The van der Waals surface area contributed by atoms with Crippen LogP contribution in [0.5, 0.6) is 0 Å². The van der Waals surface area contributed by atoms with Crippen LogP contribution in [-0.4, -0.2) is 10.6 Å². The van der Waals surface area contributed by atoms with Crippen LogP contribution in [0.25, 0.3) is 0 Å². The van der Waals surface area contributed by atoms with Crippen molar-refractivity contribution < 1.29 is 4.39 Å². The first-order valence-corrected chi connectivity index (χ1v) is 2.83. The van der Waals surface area contributed by atoms with Crippen LogP contribution in [0.3, 0.4) is 0 Å². The third kappa shape index (κ3) is 4.66. The fourth-order valence-corrected chi connectivity index (χ4v) is 0. The molecule has 0 saturated heterocycles. The molecular formula is C3H5FI. The molecule has 0 aromatic rings. The maximum absolute atomic E-state index is 11.3. The van der Waals surface area contributed by atoms with Crippen molar-refractivity contribution in [2.45, 2.75) is 6.17 Å². The highest BCUT2D eigenvalue weighted by Crippen LogP contribution is 1.91. The lowest BCUT2D eigenvalue weighted by Gasteiger charge is -1.84. The summed E-state index contributed by atoms with van der Waals surface area (Å²) in [6.07, 6.45) is -0.879. The van der Waals surface area contributed by atoms with Crippen LogP contribution in [-0.2, 0) is 0 Å². The predicted octanol–water partition coefficient (Wildman–Crippen LogP) is 1.59. The van der Waals surface area contributed by atoms with Gasteiger partial charge >= 0.3 is 0 Å². The van der Waals surface area contributed by atoms with Crippen LogP contribution < -0.4 is 0 Å². The van der Waals surface area contributed by atoms with Gasteiger partial charge in [0.2, 0.25) is 0 Å². The van der Waals surface area contributed by atoms with E-state index in [9.17, 15) is 4.39 Å². The zero-order valence-corrected chi connectivity index (χ0v) is 4.90. The number of halogens is 2. The molecule has 0 aromatic carbocycles. The second-order valence-electron chi connectivity index (χ2n) is 0.752. The van der Waals surface area contributed by atoms with E-state index in [-0.39, 0.29) is 0 Å². The number of rotatable bonds is 1. The zero-order valence-electron chi connectivity index (χ0n) is 2.75. The van der Waals surface area contributed by atoms with Gasteiger partial charge in [-0.25, -0.2) is 4.39 Å². The summed E-state index contributed by atoms with van der Waals surface area (Å²) in [5.41, 5.74) is 0. The third-order valence-corrected chi connectivity index (χ3v) is 1.12. The quantitative estimate of drug-likeness (QED) is 0.432. The van der Waals surface area contributed by atoms with Gasteiger partial charge in [-0.1, -0.05) is 22.6 Å². The molecule has 0 amide bonds. The van der Waals surface area contributed by atoms with Crippen molar-refractivity contribution in [2.75, 3.05) is 4.43 Å². The molecule has 0 aliphatic heterocycles. The first-order chi connectivity index (χ1) is 2.27. The van der Waals surface area contributed by atoms with E-state index < -0.39 is 6.17 Å². The first kappa shape index (κ1) is 5.66. The Kier molecular flexibility index (Phi) is 3.25. The zero-order chi connectivity index (χ0) is 4.28. The largest absolute Gasteiger partial charge is 0.247 e. The smallest absolute Gasteiger partial charge is 0.109 e. The molecule has 1 atom stereocenters. The number of alkyl halides is 2. The van der Waals surface area contributed by atoms with E-state index in [2.05, 4.69) is 6.92 Å². The molecule has 0 heterocycles. The molecule has 2 heteroatoms. The van der Waals surface area contributed by atoms with Crippen LogP contribution >= 0.6 is 22.6 Å². The highest BCUT2D eigenvalue weighted by molar-refractivity contribution is 14.1. The summed E-state index contributed by atoms with van der Waals surface area (Å²) in [4.78, 5) is 0. The lowest BCUT2D eigenvalue weighted by molar-refractivity contribution is 0.438. The minimum Gasteiger partial charge on any atom is -0.247 e. The van der Waals surface area contributed by atoms with Gasteiger partial charge in [0.15, 0.2) is 0 Å². The van der Waals surface area contributed by atoms with Crippen LogP contribution in [0, 0.1) is 6.92 Å². The topological polar surface area (TPSA) is 0 Å². The molecule has 0 aromatic heterocycles. The molecule has 0 rings (SSSR count). The SMILES string of the molecule is [CH2]C(F)CI. The molecule has 0 fully saturated rings. The van der Waals surface area contributed by atoms with E-state index in [0.29, 0.717) is 4.43 Å². The molecule has 0 aliphatic rings. The van der Waals surface area contributed by atoms with Gasteiger partial charge in [-0.2, -0.15) is 0 Å². The molecule has 5 heavy (non-hydrogen) atoms. The second-order valence-corrected chi connectivity index (χ2v) is 1.63. The van der Waals surface area contributed by atoms with Gasteiger partial charge in [0, 0.05) is 4.43 Å². The molecular weight excluding hydrogens is 182 g/mol. The summed E-state index contributed by atoms with van der Waals surface area (Å²) >= 11 is 1.94. The van der Waals surface area contributed by atoms with Crippen molar-refractivity contribution in [2.24, 2.45) is 0 Å². The van der Waals surface area contributed by atoms with E-state index in [1.54, 1.807) is 0 Å². The fourth-order valence-electron chi connectivity index (χ4n) is 0. The van der Waals surface area contributed by atoms with Gasteiger partial charge in [-0.05, 0) is 6.92 Å². The predicted molar refractivity (Wildman–Crippen MR) is 29.1 cm³/mol. The Morgan fingerprint density at radius 2 is 2.20 bits per heavy atom. The summed E-state index contributed by atoms with van der Waals surface area (Å²) < 4.78 is 11.8. The first-order valence-electron chi connectivity index (χ1n) is 1.30. The van der Waals surface area contributed by atoms with E-state index >= 15 is 0 Å². The van der Waals surface area contributed by atoms with Crippen molar-refractivity contribution in [1.29, 1.82) is 0 Å². The molecule has 0 nitrogen and oxygen atoms in total. The lowest BCUT2D eigenvalue weighted by atomic mass is 10.5. The minimum absolute atomic E-state index is 0.498. The monoisotopic (exact) mass is 187 g/mol. The van der Waals surface area contributed by atoms with Gasteiger partial charge in [0.25, 0.3) is 0 Å². The summed E-state index contributed by atoms with van der Waals surface area (Å²) in [5.74, 6) is 0. The Labute approximate surface area is 44.9 Å². The van der Waals surface area contributed by atoms with Crippen molar-refractivity contribution in [3.63, 3.8) is 0 Å². The summed E-state index contributed by atoms with van der Waals surface area (Å²) in [6, 6.07) is 0. The third-order valence-electron chi connectivity index (χ3n) is 0.167. The van der Waals surface area contributed by atoms with Gasteiger partial charge in [-0.3, -0.25) is 0 Å². The van der Waals surface area contributed by atoms with E-state index in [0.717, 1.165) is 0 Å². The minimum atomic E-state index is -0.879. The number of hydrogen-bond donors (Lipinski definition) is 0. The van der Waals surface area contributed by atoms with E-state index in [1.807, 2.05) is 22.6 Å². The van der Waals surface area contributed by atoms with Crippen LogP contribution in [0.15, 0.2) is 0 Å². The van der Waals surface area contributed by atoms with Gasteiger partial charge < -0.3 is 0 Å². The molecule has 1 radical (unpaired) electrons. The Morgan fingerprint density at radius 1 is 2.00 bits per heavy atom. The van der Waals surface area contributed by atoms with E-state index in [4.69, 9.17) is 0 Å². The lowest BCUT2D eigenvalue weighted by Crippen LogP contribution is -1.89. The molecule has 1 unspecified atom stereocenters. The highest BCUT2D eigenvalue weighted by atomic mass is 127. The van der Waals surface area contributed by atoms with Crippen LogP contribution in [0.4, 0.5) is 4.39 Å². The highest BCUT2D eigenvalue weighted by Gasteiger charge is 1.87. The molecule has 0 bridgehead atoms. The van der Waals surface area contributed by atoms with Crippen LogP contribution in [0.2, 0.25) is 0 Å².